The molecule has 0 aromatic heterocycles. The predicted octanol–water partition coefficient (Wildman–Crippen LogP) is 0.147. The number of halogens is 1. The summed E-state index contributed by atoms with van der Waals surface area (Å²) >= 11 is 0. The molecule has 1 fully saturated rings. The van der Waals surface area contributed by atoms with E-state index >= 15 is 0 Å². The Balaban J connectivity index is 1.42. The van der Waals surface area contributed by atoms with Crippen molar-refractivity contribution >= 4 is 11.6 Å². The summed E-state index contributed by atoms with van der Waals surface area (Å²) < 4.78 is 19.2. The summed E-state index contributed by atoms with van der Waals surface area (Å²) in [5, 5.41) is 2.95. The Hall–Kier alpha value is -2.44. The summed E-state index contributed by atoms with van der Waals surface area (Å²) in [7, 11) is 0. The molecule has 0 saturated carbocycles. The van der Waals surface area contributed by atoms with E-state index < -0.39 is 0 Å². The lowest BCUT2D eigenvalue weighted by Gasteiger charge is -2.29. The van der Waals surface area contributed by atoms with Crippen molar-refractivity contribution in [2.45, 2.75) is 13.5 Å². The number of hydrogen-bond donors (Lipinski definition) is 3. The second-order valence-electron chi connectivity index (χ2n) is 6.95. The van der Waals surface area contributed by atoms with Crippen LogP contribution in [0.3, 0.4) is 0 Å². The maximum Gasteiger partial charge on any atom is 0.279 e. The van der Waals surface area contributed by atoms with Gasteiger partial charge in [0.2, 0.25) is 0 Å². The normalized spacial score (nSPS) is 19.5. The van der Waals surface area contributed by atoms with Crippen molar-refractivity contribution in [3.05, 3.63) is 59.9 Å². The first-order valence-electron chi connectivity index (χ1n) is 9.57. The molecule has 0 aliphatic carbocycles. The maximum atomic E-state index is 13.8. The summed E-state index contributed by atoms with van der Waals surface area (Å²) in [6.45, 7) is 7.45. The van der Waals surface area contributed by atoms with Gasteiger partial charge in [0.1, 0.15) is 44.3 Å². The zero-order valence-corrected chi connectivity index (χ0v) is 15.8. The first-order valence-corrected chi connectivity index (χ1v) is 9.57. The van der Waals surface area contributed by atoms with E-state index in [1.165, 1.54) is 15.9 Å². The van der Waals surface area contributed by atoms with E-state index in [2.05, 4.69) is 5.32 Å². The monoisotopic (exact) mass is 373 g/mol. The topological polar surface area (TPSA) is 47.2 Å². The van der Waals surface area contributed by atoms with Gasteiger partial charge in [0.15, 0.2) is 6.54 Å². The Labute approximate surface area is 159 Å². The zero-order valence-electron chi connectivity index (χ0n) is 15.8. The molecule has 1 amide bonds. The molecule has 2 aromatic rings. The SMILES string of the molecule is CCOc1ccc(NC(=O)C[NH+]2CC[NH+](Cc3ccccc3F)CC2)cc1. The molecule has 1 aliphatic heterocycles. The van der Waals surface area contributed by atoms with Crippen LogP contribution in [0, 0.1) is 5.82 Å². The van der Waals surface area contributed by atoms with Crippen molar-refractivity contribution in [1.29, 1.82) is 0 Å². The van der Waals surface area contributed by atoms with E-state index in [4.69, 9.17) is 4.74 Å². The Morgan fingerprint density at radius 3 is 2.37 bits per heavy atom. The quantitative estimate of drug-likeness (QED) is 0.647. The first-order chi connectivity index (χ1) is 13.1. The van der Waals surface area contributed by atoms with Crippen molar-refractivity contribution in [1.82, 2.24) is 0 Å². The number of anilines is 1. The van der Waals surface area contributed by atoms with Crippen LogP contribution >= 0.6 is 0 Å². The third-order valence-corrected chi connectivity index (χ3v) is 4.92. The van der Waals surface area contributed by atoms with E-state index in [1.54, 1.807) is 6.07 Å². The Morgan fingerprint density at radius 2 is 1.70 bits per heavy atom. The predicted molar refractivity (Wildman–Crippen MR) is 103 cm³/mol. The number of rotatable bonds is 7. The molecule has 1 aliphatic rings. The van der Waals surface area contributed by atoms with Crippen molar-refractivity contribution in [3.8, 4) is 5.75 Å². The number of nitrogens with one attached hydrogen (secondary N) is 3. The number of ether oxygens (including phenoxy) is 1. The van der Waals surface area contributed by atoms with Gasteiger partial charge in [0.05, 0.1) is 6.61 Å². The van der Waals surface area contributed by atoms with Crippen molar-refractivity contribution in [3.63, 3.8) is 0 Å². The lowest BCUT2D eigenvalue weighted by atomic mass is 10.2. The average molecular weight is 373 g/mol. The van der Waals surface area contributed by atoms with Gasteiger partial charge in [-0.1, -0.05) is 18.2 Å². The van der Waals surface area contributed by atoms with Crippen LogP contribution in [-0.4, -0.2) is 45.2 Å². The number of piperazine rings is 1. The van der Waals surface area contributed by atoms with Crippen molar-refractivity contribution < 1.29 is 23.7 Å². The van der Waals surface area contributed by atoms with Gasteiger partial charge in [0, 0.05) is 11.3 Å². The van der Waals surface area contributed by atoms with Gasteiger partial charge in [-0.25, -0.2) is 4.39 Å². The maximum absolute atomic E-state index is 13.8. The Morgan fingerprint density at radius 1 is 1.04 bits per heavy atom. The molecule has 0 unspecified atom stereocenters. The molecule has 3 N–H and O–H groups in total. The van der Waals surface area contributed by atoms with Gasteiger partial charge in [-0.05, 0) is 37.3 Å². The summed E-state index contributed by atoms with van der Waals surface area (Å²) in [6, 6.07) is 14.4. The van der Waals surface area contributed by atoms with Crippen LogP contribution < -0.4 is 19.9 Å². The molecule has 3 rings (SSSR count). The van der Waals surface area contributed by atoms with Crippen LogP contribution in [0.15, 0.2) is 48.5 Å². The number of amides is 1. The highest BCUT2D eigenvalue weighted by Gasteiger charge is 2.25. The smallest absolute Gasteiger partial charge is 0.279 e. The molecule has 144 valence electrons. The summed E-state index contributed by atoms with van der Waals surface area (Å²) in [5.41, 5.74) is 1.55. The molecular formula is C21H28FN3O2+2. The van der Waals surface area contributed by atoms with Gasteiger partial charge in [-0.2, -0.15) is 0 Å². The van der Waals surface area contributed by atoms with E-state index in [-0.39, 0.29) is 11.7 Å². The third-order valence-electron chi connectivity index (χ3n) is 4.92. The number of carbonyl (C=O) groups is 1. The summed E-state index contributed by atoms with van der Waals surface area (Å²) in [4.78, 5) is 14.9. The highest BCUT2D eigenvalue weighted by Crippen LogP contribution is 2.15. The standard InChI is InChI=1S/C21H26FN3O2/c1-2-27-19-9-7-18(8-10-19)23-21(26)16-25-13-11-24(12-14-25)15-17-5-3-4-6-20(17)22/h3-10H,2,11-16H2,1H3,(H,23,26)/p+2. The fourth-order valence-electron chi connectivity index (χ4n) is 3.46. The van der Waals surface area contributed by atoms with E-state index in [0.717, 1.165) is 43.2 Å². The Bertz CT molecular complexity index is 743. The minimum atomic E-state index is -0.130. The molecule has 0 radical (unpaired) electrons. The van der Waals surface area contributed by atoms with E-state index in [0.29, 0.717) is 19.7 Å². The van der Waals surface area contributed by atoms with Gasteiger partial charge in [-0.15, -0.1) is 0 Å². The van der Waals surface area contributed by atoms with E-state index in [1.807, 2.05) is 43.3 Å². The summed E-state index contributed by atoms with van der Waals surface area (Å²) in [6.07, 6.45) is 0. The summed E-state index contributed by atoms with van der Waals surface area (Å²) in [5.74, 6) is 0.691. The molecule has 6 heteroatoms. The number of quaternary nitrogens is 2. The highest BCUT2D eigenvalue weighted by atomic mass is 19.1. The van der Waals surface area contributed by atoms with Crippen LogP contribution in [0.25, 0.3) is 0 Å². The number of benzene rings is 2. The largest absolute Gasteiger partial charge is 0.494 e. The fraction of sp³-hybridized carbons (Fsp3) is 0.381. The van der Waals surface area contributed by atoms with Crippen LogP contribution in [0.1, 0.15) is 12.5 Å². The molecule has 0 spiro atoms. The van der Waals surface area contributed by atoms with E-state index in [9.17, 15) is 9.18 Å². The van der Waals surface area contributed by atoms with Gasteiger partial charge >= 0.3 is 0 Å². The molecule has 27 heavy (non-hydrogen) atoms. The van der Waals surface area contributed by atoms with Crippen LogP contribution in [-0.2, 0) is 11.3 Å². The Kier molecular flexibility index (Phi) is 6.79. The first kappa shape index (κ1) is 19.3. The second-order valence-corrected chi connectivity index (χ2v) is 6.95. The number of carbonyl (C=O) groups excluding carboxylic acids is 1. The minimum absolute atomic E-state index is 0.0201. The van der Waals surface area contributed by atoms with Gasteiger partial charge < -0.3 is 19.9 Å². The molecule has 2 aromatic carbocycles. The van der Waals surface area contributed by atoms with Gasteiger partial charge in [-0.3, -0.25) is 4.79 Å². The molecule has 1 saturated heterocycles. The van der Waals surface area contributed by atoms with Crippen molar-refractivity contribution in [2.24, 2.45) is 0 Å². The number of hydrogen-bond acceptors (Lipinski definition) is 2. The average Bonchev–Trinajstić information content (AvgIpc) is 2.67. The lowest BCUT2D eigenvalue weighted by molar-refractivity contribution is -1.02. The fourth-order valence-corrected chi connectivity index (χ4v) is 3.46. The molecule has 1 heterocycles. The molecule has 0 atom stereocenters. The minimum Gasteiger partial charge on any atom is -0.494 e. The highest BCUT2D eigenvalue weighted by molar-refractivity contribution is 5.91. The van der Waals surface area contributed by atoms with Gasteiger partial charge in [0.25, 0.3) is 5.91 Å². The molecule has 5 nitrogen and oxygen atoms in total. The van der Waals surface area contributed by atoms with Crippen LogP contribution in [0.2, 0.25) is 0 Å². The lowest BCUT2D eigenvalue weighted by Crippen LogP contribution is -3.28. The van der Waals surface area contributed by atoms with Crippen LogP contribution in [0.4, 0.5) is 10.1 Å². The van der Waals surface area contributed by atoms with Crippen LogP contribution in [0.5, 0.6) is 5.75 Å². The van der Waals surface area contributed by atoms with Crippen molar-refractivity contribution in [2.75, 3.05) is 44.6 Å². The zero-order chi connectivity index (χ0) is 19.1. The second kappa shape index (κ2) is 9.48. The molecular weight excluding hydrogens is 345 g/mol. The third kappa shape index (κ3) is 5.77. The molecule has 0 bridgehead atoms.